The fraction of sp³-hybridized carbons (Fsp3) is 0.339. The predicted molar refractivity (Wildman–Crippen MR) is 551 cm³/mol. The van der Waals surface area contributed by atoms with Gasteiger partial charge in [0.1, 0.15) is 135 Å². The summed E-state index contributed by atoms with van der Waals surface area (Å²) >= 11 is 3.74. The van der Waals surface area contributed by atoms with Crippen molar-refractivity contribution in [2.45, 2.75) is 177 Å². The molecular weight excluding hydrogens is 1940 g/mol. The number of thiol groups is 1. The van der Waals surface area contributed by atoms with Crippen LogP contribution in [0.2, 0.25) is 18.1 Å². The van der Waals surface area contributed by atoms with Gasteiger partial charge in [-0.2, -0.15) is 13.5 Å². The molecule has 15 rings (SSSR count). The number of carbonyl (C=O) groups is 4. The fourth-order valence-electron chi connectivity index (χ4n) is 18.4. The van der Waals surface area contributed by atoms with E-state index in [0.29, 0.717) is 34.5 Å². The molecule has 12 aromatic rings. The molecule has 1 amide bonds. The Morgan fingerprint density at radius 1 is 0.363 bits per heavy atom. The summed E-state index contributed by atoms with van der Waals surface area (Å²) in [5.41, 5.74) is 4.73. The minimum Gasteiger partial charge on any atom is -0.497 e. The Labute approximate surface area is 861 Å². The van der Waals surface area contributed by atoms with Gasteiger partial charge >= 0.3 is 17.9 Å². The van der Waals surface area contributed by atoms with Crippen molar-refractivity contribution in [3.63, 3.8) is 0 Å². The van der Waals surface area contributed by atoms with Gasteiger partial charge in [-0.3, -0.25) is 19.2 Å². The zero-order chi connectivity index (χ0) is 104. The predicted octanol–water partition coefficient (Wildman–Crippen LogP) is 22.8. The number of rotatable bonds is 37. The third-order valence-electron chi connectivity index (χ3n) is 27.4. The molecular formula is C115H125F6NO21S2Si. The van der Waals surface area contributed by atoms with Gasteiger partial charge in [-0.25, -0.2) is 26.3 Å². The van der Waals surface area contributed by atoms with Gasteiger partial charge < -0.3 is 85.7 Å². The quantitative estimate of drug-likeness (QED) is 0.00927. The Bertz CT molecular complexity index is 6200. The summed E-state index contributed by atoms with van der Waals surface area (Å²) in [5, 5.41) is 20.9. The third kappa shape index (κ3) is 25.3. The summed E-state index contributed by atoms with van der Waals surface area (Å²) in [5.74, 6) is -4.46. The van der Waals surface area contributed by atoms with Crippen molar-refractivity contribution in [2.24, 2.45) is 11.8 Å². The number of esters is 2. The van der Waals surface area contributed by atoms with Crippen LogP contribution in [0.3, 0.4) is 0 Å². The van der Waals surface area contributed by atoms with Crippen LogP contribution in [0.5, 0.6) is 34.5 Å². The number of hydrogen-bond donors (Lipinski definition) is 4. The monoisotopic (exact) mass is 2060 g/mol. The van der Waals surface area contributed by atoms with Crippen LogP contribution in [0.15, 0.2) is 273 Å². The highest BCUT2D eigenvalue weighted by Gasteiger charge is 2.55. The van der Waals surface area contributed by atoms with E-state index in [-0.39, 0.29) is 91.0 Å². The number of ether oxygens (including phenoxy) is 14. The first-order valence-corrected chi connectivity index (χ1v) is 50.9. The lowest BCUT2D eigenvalue weighted by Gasteiger charge is -2.40. The first kappa shape index (κ1) is 112. The number of aliphatic hydroxyl groups excluding tert-OH is 1. The van der Waals surface area contributed by atoms with Gasteiger partial charge in [-0.15, -0.1) is 0 Å². The average molecular weight is 2060 g/mol. The summed E-state index contributed by atoms with van der Waals surface area (Å²) in [6.45, 7) is 18.3. The lowest BCUT2D eigenvalue weighted by Crippen LogP contribution is -2.48. The van der Waals surface area contributed by atoms with Gasteiger partial charge in [0.15, 0.2) is 8.32 Å². The molecule has 3 N–H and O–H groups in total. The number of carboxylic acids is 1. The standard InChI is InChI=1S/C39H46F2O6Si.C38H39F2NO7S.C38H38F2O8.H2S/c1-25-22-31(33(41)23-32(25)40)36-37(47-48(7,8)38(2,3)4)35(42)34(46-36)24-45-39(26-12-10-9-11-13-26,27-14-18-29(43-5)19-15-27)28-16-20-30(44-6)21-17-28;1-23-20-30(32(40)21-31(23)39)36-24(2)37(48-35(43)19-18-34(42)41-49)33(47-36)22-46-38(25-8-6-5-7-9-25,26-10-14-28(44-3)15-11-26)27-12-16-29(45-4)17-13-27;1-23-20-30(32(40)21-31(23)39)36-24(2)37(48-35(43)19-18-34(41)42)33(47-36)22-46-38(25-8-6-5-7-9-25,26-10-14-28(44-3)15-11-26)27-12-16-29(45-4)17-13-27;/h9-23,34-37,42H,24H2,1-8H3;5-17,20-21,24,33,36-37,49H,18-19,22H2,1-4H3,(H,41,42);5-17,20-21,24,33,36-37H,18-19,22H2,1-4H3,(H,41,42);1H2/t34-,35?,36+,37+;2*24-,33-,36-,37?;/m111./s1. The Morgan fingerprint density at radius 2 is 0.616 bits per heavy atom. The van der Waals surface area contributed by atoms with Crippen LogP contribution >= 0.6 is 26.3 Å². The minimum atomic E-state index is -2.49. The molecule has 12 aromatic carbocycles. The Kier molecular flexibility index (Phi) is 38.3. The number of halogens is 6. The molecule has 774 valence electrons. The number of carbonyl (C=O) groups excluding carboxylic acids is 3. The second-order valence-corrected chi connectivity index (χ2v) is 42.5. The highest BCUT2D eigenvalue weighted by molar-refractivity contribution is 7.78. The molecule has 3 aliphatic heterocycles. The van der Waals surface area contributed by atoms with Crippen molar-refractivity contribution in [1.82, 2.24) is 4.72 Å². The van der Waals surface area contributed by atoms with Gasteiger partial charge in [0.05, 0.1) is 93.9 Å². The molecule has 0 bridgehead atoms. The van der Waals surface area contributed by atoms with Crippen molar-refractivity contribution in [3.8, 4) is 34.5 Å². The zero-order valence-corrected chi connectivity index (χ0v) is 87.1. The lowest BCUT2D eigenvalue weighted by atomic mass is 9.80. The maximum Gasteiger partial charge on any atom is 0.306 e. The van der Waals surface area contributed by atoms with E-state index >= 15 is 13.2 Å². The SMILES string of the molecule is COc1ccc(C(OC[C@H]2O[C@@H](c3cc(C)c(F)cc3F)[C@@H](C)C2OC(=O)CCC(=O)NS)(c2ccccc2)c2ccc(OC)cc2)cc1.COc1ccc(C(OC[C@H]2O[C@@H](c3cc(C)c(F)cc3F)[C@@H](C)C2OC(=O)CCC(=O)O)(c2ccccc2)c2ccc(OC)cc2)cc1.COc1ccc(C(OC[C@H]2O[C@@H](c3cc(C)c(F)cc3F)[C@@H](O[Si](C)(C)C(C)(C)C)C2O)(c2ccccc2)c2ccc(OC)cc2)cc1.S. The van der Waals surface area contributed by atoms with Crippen LogP contribution in [-0.2, 0) is 78.3 Å². The second kappa shape index (κ2) is 49.8. The first-order chi connectivity index (χ1) is 69.4. The number of aryl methyl sites for hydroxylation is 3. The van der Waals surface area contributed by atoms with E-state index in [9.17, 15) is 37.5 Å². The van der Waals surface area contributed by atoms with Crippen molar-refractivity contribution in [2.75, 3.05) is 62.5 Å². The minimum absolute atomic E-state index is 0. The van der Waals surface area contributed by atoms with Crippen molar-refractivity contribution in [3.05, 3.63) is 391 Å². The molecule has 3 fully saturated rings. The number of hydrogen-bond acceptors (Lipinski definition) is 21. The molecule has 0 aromatic heterocycles. The van der Waals surface area contributed by atoms with E-state index in [2.05, 4.69) is 51.4 Å². The number of amides is 1. The summed E-state index contributed by atoms with van der Waals surface area (Å²) in [7, 11) is 7.07. The van der Waals surface area contributed by atoms with Crippen LogP contribution in [-0.4, -0.2) is 148 Å². The van der Waals surface area contributed by atoms with Gasteiger partial charge in [-0.05, 0) is 197 Å². The summed E-state index contributed by atoms with van der Waals surface area (Å²) < 4.78 is 183. The molecule has 3 heterocycles. The van der Waals surface area contributed by atoms with Gasteiger partial charge in [0, 0.05) is 53.1 Å². The summed E-state index contributed by atoms with van der Waals surface area (Å²) in [6, 6.07) is 81.0. The number of methoxy groups -OCH3 is 6. The first-order valence-electron chi connectivity index (χ1n) is 47.6. The Morgan fingerprint density at radius 3 is 0.877 bits per heavy atom. The number of benzene rings is 12. The number of aliphatic carboxylic acids is 1. The maximum absolute atomic E-state index is 15.4. The van der Waals surface area contributed by atoms with E-state index in [4.69, 9.17) is 75.8 Å². The Balaban J connectivity index is 0.000000194. The molecule has 3 aliphatic rings. The highest BCUT2D eigenvalue weighted by atomic mass is 32.1. The van der Waals surface area contributed by atoms with E-state index in [1.165, 1.54) is 25.1 Å². The van der Waals surface area contributed by atoms with E-state index in [1.807, 2.05) is 237 Å². The van der Waals surface area contributed by atoms with Crippen LogP contribution in [0.4, 0.5) is 26.3 Å². The summed E-state index contributed by atoms with van der Waals surface area (Å²) in [6.07, 6.45) is -10.5. The molecule has 31 heteroatoms. The van der Waals surface area contributed by atoms with Gasteiger partial charge in [-0.1, -0.05) is 211 Å². The third-order valence-corrected chi connectivity index (χ3v) is 32.1. The molecule has 0 saturated carbocycles. The molecule has 0 aliphatic carbocycles. The van der Waals surface area contributed by atoms with Crippen molar-refractivity contribution in [1.29, 1.82) is 0 Å². The highest BCUT2D eigenvalue weighted by Crippen LogP contribution is 2.52. The lowest BCUT2D eigenvalue weighted by molar-refractivity contribution is -0.158. The fourth-order valence-corrected chi connectivity index (χ4v) is 19.8. The molecule has 0 radical (unpaired) electrons. The normalized spacial score (nSPS) is 19.3. The van der Waals surface area contributed by atoms with Crippen molar-refractivity contribution >= 4 is 58.4 Å². The molecule has 22 nitrogen and oxygen atoms in total. The smallest absolute Gasteiger partial charge is 0.306 e. The molecule has 12 atom stereocenters. The van der Waals surface area contributed by atoms with E-state index < -0.39 is 163 Å². The summed E-state index contributed by atoms with van der Waals surface area (Å²) in [4.78, 5) is 48.8. The molecule has 3 unspecified atom stereocenters. The molecule has 146 heavy (non-hydrogen) atoms. The van der Waals surface area contributed by atoms with Crippen LogP contribution in [0, 0.1) is 67.5 Å². The van der Waals surface area contributed by atoms with Crippen LogP contribution < -0.4 is 33.1 Å². The second-order valence-electron chi connectivity index (χ2n) is 37.5. The number of carboxylic acid groups (broad SMARTS) is 1. The molecule has 3 saturated heterocycles. The Hall–Kier alpha value is -12.5. The zero-order valence-electron chi connectivity index (χ0n) is 84.2. The maximum atomic E-state index is 15.4. The number of nitrogens with one attached hydrogen (secondary N) is 1. The van der Waals surface area contributed by atoms with E-state index in [1.54, 1.807) is 70.4 Å². The van der Waals surface area contributed by atoms with Crippen molar-refractivity contribution < 1.29 is 126 Å². The molecule has 0 spiro atoms. The van der Waals surface area contributed by atoms with Crippen LogP contribution in [0.25, 0.3) is 0 Å². The van der Waals surface area contributed by atoms with Gasteiger partial charge in [0.25, 0.3) is 0 Å². The largest absolute Gasteiger partial charge is 0.497 e. The average Bonchev–Trinajstić information content (AvgIpc) is 1.15. The van der Waals surface area contributed by atoms with E-state index in [0.717, 1.165) is 68.3 Å². The number of aliphatic hydroxyl groups is 1. The van der Waals surface area contributed by atoms with Crippen LogP contribution in [0.1, 0.15) is 162 Å². The van der Waals surface area contributed by atoms with Gasteiger partial charge in [0.2, 0.25) is 5.91 Å². The topological polar surface area (TPSA) is 259 Å².